The molecule has 1 aliphatic rings. The standard InChI is InChI=1S/C12H22N4/c1-11(10-12-4-2-5-14-12)13-7-9-16-8-3-6-15-16/h3,6,8,11-14H,2,4-5,7,9-10H2,1H3. The largest absolute Gasteiger partial charge is 0.314 e. The molecule has 2 rings (SSSR count). The second-order valence-electron chi connectivity index (χ2n) is 4.65. The molecule has 0 bridgehead atoms. The number of nitrogens with zero attached hydrogens (tertiary/aromatic N) is 2. The van der Waals surface area contributed by atoms with Crippen LogP contribution in [0.2, 0.25) is 0 Å². The van der Waals surface area contributed by atoms with Crippen molar-refractivity contribution in [1.29, 1.82) is 0 Å². The van der Waals surface area contributed by atoms with Crippen molar-refractivity contribution in [2.24, 2.45) is 0 Å². The maximum Gasteiger partial charge on any atom is 0.0534 e. The van der Waals surface area contributed by atoms with E-state index in [1.807, 2.05) is 23.1 Å². The third kappa shape index (κ3) is 3.61. The predicted molar refractivity (Wildman–Crippen MR) is 65.3 cm³/mol. The van der Waals surface area contributed by atoms with Crippen LogP contribution in [0, 0.1) is 0 Å². The van der Waals surface area contributed by atoms with Crippen molar-refractivity contribution in [2.45, 2.75) is 44.8 Å². The Morgan fingerprint density at radius 3 is 3.25 bits per heavy atom. The van der Waals surface area contributed by atoms with E-state index in [0.717, 1.165) is 19.1 Å². The molecule has 0 aliphatic carbocycles. The Morgan fingerprint density at radius 1 is 1.62 bits per heavy atom. The number of hydrogen-bond acceptors (Lipinski definition) is 3. The molecule has 16 heavy (non-hydrogen) atoms. The Morgan fingerprint density at radius 2 is 2.56 bits per heavy atom. The molecule has 4 nitrogen and oxygen atoms in total. The molecule has 1 aromatic heterocycles. The van der Waals surface area contributed by atoms with Gasteiger partial charge in [0.1, 0.15) is 0 Å². The van der Waals surface area contributed by atoms with Gasteiger partial charge in [0.2, 0.25) is 0 Å². The van der Waals surface area contributed by atoms with E-state index in [1.165, 1.54) is 25.8 Å². The highest BCUT2D eigenvalue weighted by molar-refractivity contribution is 4.80. The van der Waals surface area contributed by atoms with Gasteiger partial charge in [-0.1, -0.05) is 0 Å². The molecule has 4 heteroatoms. The van der Waals surface area contributed by atoms with Gasteiger partial charge in [-0.05, 0) is 38.8 Å². The summed E-state index contributed by atoms with van der Waals surface area (Å²) in [5, 5.41) is 11.3. The van der Waals surface area contributed by atoms with Gasteiger partial charge >= 0.3 is 0 Å². The molecule has 0 amide bonds. The van der Waals surface area contributed by atoms with Crippen LogP contribution < -0.4 is 10.6 Å². The molecule has 1 saturated heterocycles. The zero-order valence-corrected chi connectivity index (χ0v) is 10.0. The lowest BCUT2D eigenvalue weighted by Gasteiger charge is -2.18. The molecule has 2 atom stereocenters. The lowest BCUT2D eigenvalue weighted by molar-refractivity contribution is 0.425. The van der Waals surface area contributed by atoms with E-state index < -0.39 is 0 Å². The van der Waals surface area contributed by atoms with Crippen LogP contribution in [0.1, 0.15) is 26.2 Å². The summed E-state index contributed by atoms with van der Waals surface area (Å²) in [7, 11) is 0. The Labute approximate surface area is 97.4 Å². The second-order valence-corrected chi connectivity index (χ2v) is 4.65. The molecule has 90 valence electrons. The quantitative estimate of drug-likeness (QED) is 0.754. The average molecular weight is 222 g/mol. The van der Waals surface area contributed by atoms with Gasteiger partial charge in [0.05, 0.1) is 6.54 Å². The van der Waals surface area contributed by atoms with E-state index in [0.29, 0.717) is 6.04 Å². The molecule has 0 aromatic carbocycles. The van der Waals surface area contributed by atoms with Crippen LogP contribution in [-0.4, -0.2) is 35.0 Å². The number of aromatic nitrogens is 2. The third-order valence-electron chi connectivity index (χ3n) is 3.19. The summed E-state index contributed by atoms with van der Waals surface area (Å²) in [5.74, 6) is 0. The molecule has 0 radical (unpaired) electrons. The smallest absolute Gasteiger partial charge is 0.0534 e. The Kier molecular flexibility index (Phi) is 4.36. The van der Waals surface area contributed by atoms with Crippen LogP contribution in [0.15, 0.2) is 18.5 Å². The van der Waals surface area contributed by atoms with Crippen LogP contribution in [-0.2, 0) is 6.54 Å². The molecule has 2 N–H and O–H groups in total. The highest BCUT2D eigenvalue weighted by Crippen LogP contribution is 2.10. The van der Waals surface area contributed by atoms with E-state index in [1.54, 1.807) is 0 Å². The second kappa shape index (κ2) is 6.01. The van der Waals surface area contributed by atoms with Gasteiger partial charge in [-0.3, -0.25) is 4.68 Å². The van der Waals surface area contributed by atoms with Crippen molar-refractivity contribution in [3.63, 3.8) is 0 Å². The fraction of sp³-hybridized carbons (Fsp3) is 0.750. The van der Waals surface area contributed by atoms with Gasteiger partial charge in [0, 0.05) is 31.0 Å². The van der Waals surface area contributed by atoms with Crippen LogP contribution in [0.3, 0.4) is 0 Å². The number of rotatable bonds is 6. The van der Waals surface area contributed by atoms with E-state index in [9.17, 15) is 0 Å². The first kappa shape index (κ1) is 11.6. The summed E-state index contributed by atoms with van der Waals surface area (Å²) >= 11 is 0. The molecule has 2 unspecified atom stereocenters. The first-order chi connectivity index (χ1) is 7.84. The summed E-state index contributed by atoms with van der Waals surface area (Å²) in [6.45, 7) is 5.42. The molecular weight excluding hydrogens is 200 g/mol. The fourth-order valence-electron chi connectivity index (χ4n) is 2.33. The maximum atomic E-state index is 4.18. The van der Waals surface area contributed by atoms with E-state index in [-0.39, 0.29) is 0 Å². The molecule has 0 spiro atoms. The highest BCUT2D eigenvalue weighted by Gasteiger charge is 2.16. The van der Waals surface area contributed by atoms with E-state index >= 15 is 0 Å². The summed E-state index contributed by atoms with van der Waals surface area (Å²) < 4.78 is 1.97. The monoisotopic (exact) mass is 222 g/mol. The van der Waals surface area contributed by atoms with Crippen molar-refractivity contribution < 1.29 is 0 Å². The van der Waals surface area contributed by atoms with Crippen LogP contribution in [0.5, 0.6) is 0 Å². The zero-order valence-electron chi connectivity index (χ0n) is 10.0. The lowest BCUT2D eigenvalue weighted by atomic mass is 10.1. The predicted octanol–water partition coefficient (Wildman–Crippen LogP) is 1.00. The van der Waals surface area contributed by atoms with Crippen LogP contribution >= 0.6 is 0 Å². The Bertz CT molecular complexity index is 277. The summed E-state index contributed by atoms with van der Waals surface area (Å²) in [6.07, 6.45) is 7.74. The van der Waals surface area contributed by atoms with Crippen molar-refractivity contribution >= 4 is 0 Å². The minimum absolute atomic E-state index is 0.589. The first-order valence-corrected chi connectivity index (χ1v) is 6.29. The molecule has 0 saturated carbocycles. The number of hydrogen-bond donors (Lipinski definition) is 2. The highest BCUT2D eigenvalue weighted by atomic mass is 15.3. The van der Waals surface area contributed by atoms with Crippen molar-refractivity contribution in [3.05, 3.63) is 18.5 Å². The molecular formula is C12H22N4. The lowest BCUT2D eigenvalue weighted by Crippen LogP contribution is -2.35. The summed E-state index contributed by atoms with van der Waals surface area (Å²) in [4.78, 5) is 0. The normalized spacial score (nSPS) is 22.4. The molecule has 1 aromatic rings. The SMILES string of the molecule is CC(CC1CCCN1)NCCn1cccn1. The van der Waals surface area contributed by atoms with Crippen molar-refractivity contribution in [3.8, 4) is 0 Å². The molecule has 1 aliphatic heterocycles. The van der Waals surface area contributed by atoms with Gasteiger partial charge in [-0.25, -0.2) is 0 Å². The topological polar surface area (TPSA) is 41.9 Å². The minimum Gasteiger partial charge on any atom is -0.314 e. The summed E-state index contributed by atoms with van der Waals surface area (Å²) in [6, 6.07) is 3.28. The van der Waals surface area contributed by atoms with Crippen molar-refractivity contribution in [1.82, 2.24) is 20.4 Å². The average Bonchev–Trinajstić information content (AvgIpc) is 2.90. The molecule has 1 fully saturated rings. The summed E-state index contributed by atoms with van der Waals surface area (Å²) in [5.41, 5.74) is 0. The van der Waals surface area contributed by atoms with Gasteiger partial charge in [0.15, 0.2) is 0 Å². The van der Waals surface area contributed by atoms with Gasteiger partial charge in [0.25, 0.3) is 0 Å². The van der Waals surface area contributed by atoms with Crippen LogP contribution in [0.25, 0.3) is 0 Å². The van der Waals surface area contributed by atoms with Gasteiger partial charge in [-0.15, -0.1) is 0 Å². The van der Waals surface area contributed by atoms with Gasteiger partial charge in [-0.2, -0.15) is 5.10 Å². The first-order valence-electron chi connectivity index (χ1n) is 6.29. The van der Waals surface area contributed by atoms with Gasteiger partial charge < -0.3 is 10.6 Å². The van der Waals surface area contributed by atoms with Crippen molar-refractivity contribution in [2.75, 3.05) is 13.1 Å². The molecule has 2 heterocycles. The minimum atomic E-state index is 0.589. The third-order valence-corrected chi connectivity index (χ3v) is 3.19. The Balaban J connectivity index is 1.58. The Hall–Kier alpha value is -0.870. The number of nitrogens with one attached hydrogen (secondary N) is 2. The van der Waals surface area contributed by atoms with Crippen LogP contribution in [0.4, 0.5) is 0 Å². The zero-order chi connectivity index (χ0) is 11.2. The van der Waals surface area contributed by atoms with E-state index in [2.05, 4.69) is 22.7 Å². The maximum absolute atomic E-state index is 4.18. The van der Waals surface area contributed by atoms with E-state index in [4.69, 9.17) is 0 Å². The fourth-order valence-corrected chi connectivity index (χ4v) is 2.33.